The van der Waals surface area contributed by atoms with E-state index in [2.05, 4.69) is 10.6 Å². The molecule has 0 unspecified atom stereocenters. The summed E-state index contributed by atoms with van der Waals surface area (Å²) in [7, 11) is 3.29. The molecule has 0 aromatic heterocycles. The Balaban J connectivity index is 2.45. The number of hydrogen-bond donors (Lipinski definition) is 2. The van der Waals surface area contributed by atoms with Gasteiger partial charge in [0.2, 0.25) is 0 Å². The molecule has 1 rings (SSSR count). The van der Waals surface area contributed by atoms with Gasteiger partial charge < -0.3 is 15.5 Å². The van der Waals surface area contributed by atoms with Gasteiger partial charge in [-0.3, -0.25) is 10.1 Å². The number of carbonyl (C=O) groups is 1. The Morgan fingerprint density at radius 1 is 1.33 bits per heavy atom. The second kappa shape index (κ2) is 6.43. The number of amides is 2. The maximum Gasteiger partial charge on any atom is 0.316 e. The molecule has 7 heteroatoms. The van der Waals surface area contributed by atoms with E-state index in [1.165, 1.54) is 11.0 Å². The first-order valence-corrected chi connectivity index (χ1v) is 5.45. The highest BCUT2D eigenvalue weighted by molar-refractivity contribution is 5.73. The zero-order valence-corrected chi connectivity index (χ0v) is 10.3. The molecule has 2 N–H and O–H groups in total. The molecule has 0 aliphatic carbocycles. The van der Waals surface area contributed by atoms with Gasteiger partial charge in [-0.05, 0) is 6.07 Å². The van der Waals surface area contributed by atoms with Gasteiger partial charge in [0.1, 0.15) is 5.69 Å². The molecule has 1 aromatic rings. The van der Waals surface area contributed by atoms with Crippen LogP contribution in [0.1, 0.15) is 0 Å². The molecule has 0 heterocycles. The third-order valence-corrected chi connectivity index (χ3v) is 2.22. The van der Waals surface area contributed by atoms with E-state index in [0.29, 0.717) is 18.8 Å². The Morgan fingerprint density at radius 3 is 2.61 bits per heavy atom. The largest absolute Gasteiger partial charge is 0.378 e. The fourth-order valence-electron chi connectivity index (χ4n) is 1.31. The third-order valence-electron chi connectivity index (χ3n) is 2.22. The van der Waals surface area contributed by atoms with Gasteiger partial charge in [0.15, 0.2) is 0 Å². The van der Waals surface area contributed by atoms with Crippen LogP contribution in [-0.4, -0.2) is 43.0 Å². The molecular formula is C11H16N4O3. The van der Waals surface area contributed by atoms with E-state index in [-0.39, 0.29) is 11.7 Å². The van der Waals surface area contributed by atoms with Crippen LogP contribution in [0.15, 0.2) is 24.3 Å². The average molecular weight is 252 g/mol. The fourth-order valence-corrected chi connectivity index (χ4v) is 1.31. The van der Waals surface area contributed by atoms with Gasteiger partial charge >= 0.3 is 6.03 Å². The number of para-hydroxylation sites is 2. The van der Waals surface area contributed by atoms with Crippen LogP contribution in [0.25, 0.3) is 0 Å². The van der Waals surface area contributed by atoms with Crippen LogP contribution in [0.4, 0.5) is 16.2 Å². The molecule has 0 aliphatic rings. The summed E-state index contributed by atoms with van der Waals surface area (Å²) >= 11 is 0. The molecule has 0 fully saturated rings. The van der Waals surface area contributed by atoms with E-state index in [1.807, 2.05) is 0 Å². The van der Waals surface area contributed by atoms with Crippen LogP contribution >= 0.6 is 0 Å². The molecule has 0 atom stereocenters. The molecule has 98 valence electrons. The number of nitrogens with one attached hydrogen (secondary N) is 2. The van der Waals surface area contributed by atoms with Crippen molar-refractivity contribution in [2.45, 2.75) is 0 Å². The van der Waals surface area contributed by atoms with E-state index >= 15 is 0 Å². The van der Waals surface area contributed by atoms with Gasteiger partial charge in [0, 0.05) is 33.3 Å². The van der Waals surface area contributed by atoms with Crippen LogP contribution in [-0.2, 0) is 0 Å². The number of nitro groups is 1. The van der Waals surface area contributed by atoms with E-state index < -0.39 is 4.92 Å². The van der Waals surface area contributed by atoms with E-state index in [4.69, 9.17) is 0 Å². The van der Waals surface area contributed by atoms with Gasteiger partial charge in [-0.15, -0.1) is 0 Å². The van der Waals surface area contributed by atoms with E-state index in [0.717, 1.165) is 0 Å². The van der Waals surface area contributed by atoms with Crippen molar-refractivity contribution >= 4 is 17.4 Å². The smallest absolute Gasteiger partial charge is 0.316 e. The summed E-state index contributed by atoms with van der Waals surface area (Å²) in [6.07, 6.45) is 0. The van der Waals surface area contributed by atoms with Crippen LogP contribution in [0, 0.1) is 10.1 Å². The van der Waals surface area contributed by atoms with Crippen molar-refractivity contribution in [1.82, 2.24) is 10.2 Å². The lowest BCUT2D eigenvalue weighted by atomic mass is 10.2. The molecule has 0 spiro atoms. The Labute approximate surface area is 105 Å². The normalized spacial score (nSPS) is 9.67. The Morgan fingerprint density at radius 2 is 2.00 bits per heavy atom. The number of nitro benzene ring substituents is 1. The number of rotatable bonds is 5. The van der Waals surface area contributed by atoms with Crippen LogP contribution in [0.3, 0.4) is 0 Å². The minimum Gasteiger partial charge on any atom is -0.378 e. The SMILES string of the molecule is CN(C)C(=O)NCCNc1ccccc1[N+](=O)[O-]. The molecule has 0 aliphatic heterocycles. The molecule has 0 bridgehead atoms. The van der Waals surface area contributed by atoms with Crippen molar-refractivity contribution in [2.75, 3.05) is 32.5 Å². The third kappa shape index (κ3) is 3.93. The van der Waals surface area contributed by atoms with Crippen molar-refractivity contribution in [1.29, 1.82) is 0 Å². The Hall–Kier alpha value is -2.31. The standard InChI is InChI=1S/C11H16N4O3/c1-14(2)11(16)13-8-7-12-9-5-3-4-6-10(9)15(17)18/h3-6,12H,7-8H2,1-2H3,(H,13,16). The van der Waals surface area contributed by atoms with E-state index in [9.17, 15) is 14.9 Å². The maximum atomic E-state index is 11.2. The average Bonchev–Trinajstić information content (AvgIpc) is 2.34. The first-order chi connectivity index (χ1) is 8.52. The van der Waals surface area contributed by atoms with Gasteiger partial charge in [-0.25, -0.2) is 4.79 Å². The van der Waals surface area contributed by atoms with Crippen LogP contribution in [0.2, 0.25) is 0 Å². The predicted molar refractivity (Wildman–Crippen MR) is 68.7 cm³/mol. The minimum absolute atomic E-state index is 0.0245. The molecule has 18 heavy (non-hydrogen) atoms. The molecule has 7 nitrogen and oxygen atoms in total. The number of nitrogens with zero attached hydrogens (tertiary/aromatic N) is 2. The first kappa shape index (κ1) is 13.8. The van der Waals surface area contributed by atoms with Crippen molar-refractivity contribution in [3.8, 4) is 0 Å². The zero-order valence-electron chi connectivity index (χ0n) is 10.3. The number of carbonyl (C=O) groups excluding carboxylic acids is 1. The predicted octanol–water partition coefficient (Wildman–Crippen LogP) is 1.28. The molecule has 0 saturated heterocycles. The highest BCUT2D eigenvalue weighted by atomic mass is 16.6. The van der Waals surface area contributed by atoms with Crippen LogP contribution < -0.4 is 10.6 Å². The minimum atomic E-state index is -0.444. The lowest BCUT2D eigenvalue weighted by molar-refractivity contribution is -0.384. The first-order valence-electron chi connectivity index (χ1n) is 5.45. The summed E-state index contributed by atoms with van der Waals surface area (Å²) in [5.41, 5.74) is 0.470. The van der Waals surface area contributed by atoms with Crippen molar-refractivity contribution < 1.29 is 9.72 Å². The topological polar surface area (TPSA) is 87.5 Å². The number of hydrogen-bond acceptors (Lipinski definition) is 4. The highest BCUT2D eigenvalue weighted by Gasteiger charge is 2.11. The molecular weight excluding hydrogens is 236 g/mol. The second-order valence-corrected chi connectivity index (χ2v) is 3.83. The van der Waals surface area contributed by atoms with Gasteiger partial charge in [-0.2, -0.15) is 0 Å². The maximum absolute atomic E-state index is 11.2. The van der Waals surface area contributed by atoms with Crippen molar-refractivity contribution in [3.63, 3.8) is 0 Å². The van der Waals surface area contributed by atoms with Crippen LogP contribution in [0.5, 0.6) is 0 Å². The number of anilines is 1. The zero-order chi connectivity index (χ0) is 13.5. The summed E-state index contributed by atoms with van der Waals surface area (Å²) in [5, 5.41) is 16.3. The highest BCUT2D eigenvalue weighted by Crippen LogP contribution is 2.22. The Kier molecular flexibility index (Phi) is 4.91. The lowest BCUT2D eigenvalue weighted by Crippen LogP contribution is -2.37. The van der Waals surface area contributed by atoms with Gasteiger partial charge in [-0.1, -0.05) is 12.1 Å². The summed E-state index contributed by atoms with van der Waals surface area (Å²) in [6.45, 7) is 0.813. The molecule has 1 aromatic carbocycles. The number of benzene rings is 1. The van der Waals surface area contributed by atoms with Crippen molar-refractivity contribution in [2.24, 2.45) is 0 Å². The van der Waals surface area contributed by atoms with Gasteiger partial charge in [0.25, 0.3) is 5.69 Å². The summed E-state index contributed by atoms with van der Waals surface area (Å²) in [5.74, 6) is 0. The fraction of sp³-hybridized carbons (Fsp3) is 0.364. The van der Waals surface area contributed by atoms with E-state index in [1.54, 1.807) is 32.3 Å². The van der Waals surface area contributed by atoms with Crippen molar-refractivity contribution in [3.05, 3.63) is 34.4 Å². The summed E-state index contributed by atoms with van der Waals surface area (Å²) in [4.78, 5) is 22.9. The lowest BCUT2D eigenvalue weighted by Gasteiger charge is -2.12. The summed E-state index contributed by atoms with van der Waals surface area (Å²) in [6, 6.07) is 6.19. The summed E-state index contributed by atoms with van der Waals surface area (Å²) < 4.78 is 0. The monoisotopic (exact) mass is 252 g/mol. The Bertz CT molecular complexity index is 434. The van der Waals surface area contributed by atoms with Gasteiger partial charge in [0.05, 0.1) is 4.92 Å². The quantitative estimate of drug-likeness (QED) is 0.469. The second-order valence-electron chi connectivity index (χ2n) is 3.83. The molecule has 0 radical (unpaired) electrons. The molecule has 2 amide bonds. The molecule has 0 saturated carbocycles. The number of urea groups is 1.